The van der Waals surface area contributed by atoms with E-state index in [2.05, 4.69) is 4.72 Å². The Morgan fingerprint density at radius 3 is 2.37 bits per heavy atom. The second kappa shape index (κ2) is 5.66. The predicted molar refractivity (Wildman–Crippen MR) is 75.4 cm³/mol. The molecule has 1 aromatic carbocycles. The average molecular weight is 327 g/mol. The molecule has 0 amide bonds. The van der Waals surface area contributed by atoms with Crippen molar-refractivity contribution in [2.75, 3.05) is 17.7 Å². The summed E-state index contributed by atoms with van der Waals surface area (Å²) in [7, 11) is -7.09. The van der Waals surface area contributed by atoms with Crippen molar-refractivity contribution >= 4 is 37.1 Å². The Morgan fingerprint density at radius 2 is 1.89 bits per heavy atom. The number of nitrogens with two attached hydrogens (primary N) is 1. The summed E-state index contributed by atoms with van der Waals surface area (Å²) in [5.74, 6) is -0.283. The van der Waals surface area contributed by atoms with Gasteiger partial charge in [-0.1, -0.05) is 11.6 Å². The van der Waals surface area contributed by atoms with Gasteiger partial charge in [0.2, 0.25) is 10.0 Å². The highest BCUT2D eigenvalue weighted by atomic mass is 35.5. The van der Waals surface area contributed by atoms with E-state index >= 15 is 0 Å². The minimum Gasteiger partial charge on any atom is -0.398 e. The third-order valence-electron chi connectivity index (χ3n) is 2.19. The number of benzene rings is 1. The summed E-state index contributed by atoms with van der Waals surface area (Å²) >= 11 is 5.75. The maximum Gasteiger partial charge on any atom is 0.240 e. The molecule has 0 bridgehead atoms. The smallest absolute Gasteiger partial charge is 0.240 e. The Labute approximate surface area is 117 Å². The Hall–Kier alpha value is -0.830. The van der Waals surface area contributed by atoms with Gasteiger partial charge in [0, 0.05) is 12.3 Å². The standard InChI is InChI=1S/C10H15ClN2O4S2/c1-7(6-18(2,14)15)13-19(16,17)8-3-4-10(12)9(11)5-8/h3-5,7,13H,6,12H2,1-2H3. The van der Waals surface area contributed by atoms with E-state index in [-0.39, 0.29) is 21.4 Å². The second-order valence-electron chi connectivity index (χ2n) is 4.30. The van der Waals surface area contributed by atoms with Gasteiger partial charge in [0.15, 0.2) is 0 Å². The molecule has 0 aromatic heterocycles. The van der Waals surface area contributed by atoms with E-state index in [1.54, 1.807) is 0 Å². The number of nitrogens with one attached hydrogen (secondary N) is 1. The maximum atomic E-state index is 12.0. The molecular formula is C10H15ClN2O4S2. The fourth-order valence-electron chi connectivity index (χ4n) is 1.50. The van der Waals surface area contributed by atoms with Crippen LogP contribution in [0.1, 0.15) is 6.92 Å². The molecule has 6 nitrogen and oxygen atoms in total. The zero-order valence-corrected chi connectivity index (χ0v) is 12.8. The van der Waals surface area contributed by atoms with Crippen molar-refractivity contribution in [3.05, 3.63) is 23.2 Å². The van der Waals surface area contributed by atoms with Crippen LogP contribution in [0.2, 0.25) is 5.02 Å². The molecule has 0 heterocycles. The third-order valence-corrected chi connectivity index (χ3v) is 5.21. The Balaban J connectivity index is 2.95. The molecule has 1 unspecified atom stereocenters. The first-order valence-electron chi connectivity index (χ1n) is 5.26. The maximum absolute atomic E-state index is 12.0. The van der Waals surface area contributed by atoms with Crippen molar-refractivity contribution in [2.45, 2.75) is 17.9 Å². The molecule has 1 rings (SSSR count). The molecule has 0 aliphatic heterocycles. The quantitative estimate of drug-likeness (QED) is 0.772. The molecule has 9 heteroatoms. The number of hydrogen-bond acceptors (Lipinski definition) is 5. The van der Waals surface area contributed by atoms with Crippen molar-refractivity contribution in [3.63, 3.8) is 0 Å². The van der Waals surface area contributed by atoms with Crippen molar-refractivity contribution in [1.82, 2.24) is 4.72 Å². The number of anilines is 1. The molecule has 19 heavy (non-hydrogen) atoms. The highest BCUT2D eigenvalue weighted by Gasteiger charge is 2.20. The van der Waals surface area contributed by atoms with Crippen LogP contribution in [-0.4, -0.2) is 34.9 Å². The van der Waals surface area contributed by atoms with Crippen molar-refractivity contribution in [2.24, 2.45) is 0 Å². The minimum atomic E-state index is -3.83. The highest BCUT2D eigenvalue weighted by Crippen LogP contribution is 2.22. The number of nitrogen functional groups attached to an aromatic ring is 1. The normalized spacial score (nSPS) is 14.3. The van der Waals surface area contributed by atoms with Crippen LogP contribution in [0.25, 0.3) is 0 Å². The first-order chi connectivity index (χ1) is 8.51. The van der Waals surface area contributed by atoms with Crippen LogP contribution in [-0.2, 0) is 19.9 Å². The van der Waals surface area contributed by atoms with Crippen LogP contribution in [0.4, 0.5) is 5.69 Å². The lowest BCUT2D eigenvalue weighted by atomic mass is 10.3. The molecule has 0 radical (unpaired) electrons. The first-order valence-corrected chi connectivity index (χ1v) is 9.18. The van der Waals surface area contributed by atoms with Crippen molar-refractivity contribution in [1.29, 1.82) is 0 Å². The average Bonchev–Trinajstić information content (AvgIpc) is 2.17. The van der Waals surface area contributed by atoms with Crippen LogP contribution in [0.3, 0.4) is 0 Å². The molecule has 0 fully saturated rings. The summed E-state index contributed by atoms with van der Waals surface area (Å²) in [6, 6.07) is 3.15. The summed E-state index contributed by atoms with van der Waals surface area (Å²) in [6.45, 7) is 1.47. The Kier molecular flexibility index (Phi) is 4.83. The number of sulfone groups is 1. The minimum absolute atomic E-state index is 0.0629. The summed E-state index contributed by atoms with van der Waals surface area (Å²) in [6.07, 6.45) is 1.04. The van der Waals surface area contributed by atoms with E-state index in [0.29, 0.717) is 0 Å². The third kappa shape index (κ3) is 4.98. The van der Waals surface area contributed by atoms with Gasteiger partial charge in [0.1, 0.15) is 9.84 Å². The van der Waals surface area contributed by atoms with Gasteiger partial charge in [0.25, 0.3) is 0 Å². The lowest BCUT2D eigenvalue weighted by Gasteiger charge is -2.13. The Morgan fingerprint density at radius 1 is 1.32 bits per heavy atom. The summed E-state index contributed by atoms with van der Waals surface area (Å²) in [5, 5.41) is 0.124. The molecule has 0 aliphatic rings. The number of halogens is 1. The largest absolute Gasteiger partial charge is 0.398 e. The van der Waals surface area contributed by atoms with E-state index < -0.39 is 25.9 Å². The van der Waals surface area contributed by atoms with Crippen LogP contribution in [0.5, 0.6) is 0 Å². The number of rotatable bonds is 5. The summed E-state index contributed by atoms with van der Waals surface area (Å²) in [4.78, 5) is -0.0629. The fourth-order valence-corrected chi connectivity index (χ4v) is 4.11. The monoisotopic (exact) mass is 326 g/mol. The van der Waals surface area contributed by atoms with Crippen molar-refractivity contribution in [3.8, 4) is 0 Å². The summed E-state index contributed by atoms with van der Waals surface area (Å²) in [5.41, 5.74) is 5.76. The lowest BCUT2D eigenvalue weighted by molar-refractivity contribution is 0.564. The van der Waals surface area contributed by atoms with Gasteiger partial charge in [-0.2, -0.15) is 0 Å². The molecule has 0 saturated heterocycles. The molecule has 0 aliphatic carbocycles. The number of sulfonamides is 1. The van der Waals surface area contributed by atoms with E-state index in [1.807, 2.05) is 0 Å². The van der Waals surface area contributed by atoms with Crippen LogP contribution in [0.15, 0.2) is 23.1 Å². The van der Waals surface area contributed by atoms with E-state index in [0.717, 1.165) is 6.26 Å². The van der Waals surface area contributed by atoms with E-state index in [1.165, 1.54) is 25.1 Å². The van der Waals surface area contributed by atoms with Gasteiger partial charge >= 0.3 is 0 Å². The Bertz CT molecular complexity index is 671. The van der Waals surface area contributed by atoms with Gasteiger partial charge in [0.05, 0.1) is 21.4 Å². The van der Waals surface area contributed by atoms with Gasteiger partial charge in [-0.15, -0.1) is 0 Å². The van der Waals surface area contributed by atoms with Crippen molar-refractivity contribution < 1.29 is 16.8 Å². The number of hydrogen-bond donors (Lipinski definition) is 2. The fraction of sp³-hybridized carbons (Fsp3) is 0.400. The van der Waals surface area contributed by atoms with E-state index in [4.69, 9.17) is 17.3 Å². The molecule has 0 saturated carbocycles. The first kappa shape index (κ1) is 16.2. The van der Waals surface area contributed by atoms with E-state index in [9.17, 15) is 16.8 Å². The predicted octanol–water partition coefficient (Wildman–Crippen LogP) is 0.634. The van der Waals surface area contributed by atoms with Crippen LogP contribution >= 0.6 is 11.6 Å². The highest BCUT2D eigenvalue weighted by molar-refractivity contribution is 7.91. The van der Waals surface area contributed by atoms with Crippen LogP contribution in [0, 0.1) is 0 Å². The van der Waals surface area contributed by atoms with Gasteiger partial charge in [-0.25, -0.2) is 21.6 Å². The summed E-state index contributed by atoms with van der Waals surface area (Å²) < 4.78 is 48.4. The molecular weight excluding hydrogens is 312 g/mol. The van der Waals surface area contributed by atoms with Gasteiger partial charge in [-0.3, -0.25) is 0 Å². The molecule has 108 valence electrons. The zero-order chi connectivity index (χ0) is 14.8. The molecule has 1 aromatic rings. The molecule has 1 atom stereocenters. The molecule has 0 spiro atoms. The SMILES string of the molecule is CC(CS(C)(=O)=O)NS(=O)(=O)c1ccc(N)c(Cl)c1. The lowest BCUT2D eigenvalue weighted by Crippen LogP contribution is -2.37. The second-order valence-corrected chi connectivity index (χ2v) is 8.60. The van der Waals surface area contributed by atoms with Gasteiger partial charge < -0.3 is 5.73 Å². The van der Waals surface area contributed by atoms with Crippen LogP contribution < -0.4 is 10.5 Å². The molecule has 3 N–H and O–H groups in total. The topological polar surface area (TPSA) is 106 Å². The zero-order valence-electron chi connectivity index (χ0n) is 10.4. The van der Waals surface area contributed by atoms with Gasteiger partial charge in [-0.05, 0) is 25.1 Å².